The predicted molar refractivity (Wildman–Crippen MR) is 100 cm³/mol. The number of nitrogens with one attached hydrogen (secondary N) is 2. The van der Waals surface area contributed by atoms with Gasteiger partial charge in [0.1, 0.15) is 6.04 Å². The molecule has 1 atom stereocenters. The molecule has 0 bridgehead atoms. The Morgan fingerprint density at radius 3 is 2.74 bits per heavy atom. The second-order valence-corrected chi connectivity index (χ2v) is 6.12. The van der Waals surface area contributed by atoms with Gasteiger partial charge in [-0.15, -0.1) is 0 Å². The maximum absolute atomic E-state index is 13.0. The van der Waals surface area contributed by atoms with Crippen LogP contribution in [0.15, 0.2) is 42.5 Å². The van der Waals surface area contributed by atoms with E-state index < -0.39 is 6.04 Å². The average Bonchev–Trinajstić information content (AvgIpc) is 3.05. The molecule has 2 heterocycles. The van der Waals surface area contributed by atoms with Crippen molar-refractivity contribution >= 4 is 34.5 Å². The van der Waals surface area contributed by atoms with Crippen LogP contribution < -0.4 is 20.1 Å². The van der Waals surface area contributed by atoms with Crippen molar-refractivity contribution in [2.75, 3.05) is 24.9 Å². The molecule has 2 aromatic carbocycles. The lowest BCUT2D eigenvalue weighted by Crippen LogP contribution is -2.35. The average molecular weight is 366 g/mol. The first-order valence-corrected chi connectivity index (χ1v) is 8.40. The Morgan fingerprint density at radius 2 is 1.96 bits per heavy atom. The number of anilines is 2. The van der Waals surface area contributed by atoms with Crippen molar-refractivity contribution in [3.8, 4) is 11.5 Å². The predicted octanol–water partition coefficient (Wildman–Crippen LogP) is 2.58. The quantitative estimate of drug-likeness (QED) is 0.740. The summed E-state index contributed by atoms with van der Waals surface area (Å²) >= 11 is 0. The van der Waals surface area contributed by atoms with Crippen LogP contribution in [0.25, 0.3) is 11.0 Å². The van der Waals surface area contributed by atoms with Crippen molar-refractivity contribution in [1.82, 2.24) is 9.55 Å². The molecule has 0 fully saturated rings. The molecule has 27 heavy (non-hydrogen) atoms. The third kappa shape index (κ3) is 2.95. The van der Waals surface area contributed by atoms with Gasteiger partial charge >= 0.3 is 0 Å². The minimum atomic E-state index is -0.700. The first-order chi connectivity index (χ1) is 13.1. The van der Waals surface area contributed by atoms with E-state index in [1.165, 1.54) is 7.11 Å². The highest BCUT2D eigenvalue weighted by molar-refractivity contribution is 6.03. The summed E-state index contributed by atoms with van der Waals surface area (Å²) in [5.41, 5.74) is 2.06. The number of benzene rings is 2. The molecule has 0 spiro atoms. The number of nitrogens with zero attached hydrogens (tertiary/aromatic N) is 2. The zero-order valence-corrected chi connectivity index (χ0v) is 14.9. The van der Waals surface area contributed by atoms with Crippen LogP contribution in [0.1, 0.15) is 12.5 Å². The topological polar surface area (TPSA) is 94.5 Å². The zero-order chi connectivity index (χ0) is 19.0. The molecule has 1 aromatic heterocycles. The van der Waals surface area contributed by atoms with Gasteiger partial charge in [-0.2, -0.15) is 0 Å². The number of ether oxygens (including phenoxy) is 2. The number of carbonyl (C=O) groups excluding carboxylic acids is 2. The van der Waals surface area contributed by atoms with Gasteiger partial charge in [0, 0.05) is 11.8 Å². The lowest BCUT2D eigenvalue weighted by atomic mass is 10.1. The van der Waals surface area contributed by atoms with Gasteiger partial charge in [0.15, 0.2) is 11.5 Å². The smallest absolute Gasteiger partial charge is 0.248 e. The lowest BCUT2D eigenvalue weighted by molar-refractivity contribution is -0.124. The van der Waals surface area contributed by atoms with E-state index in [9.17, 15) is 9.59 Å². The Hall–Kier alpha value is -3.55. The fourth-order valence-corrected chi connectivity index (χ4v) is 3.24. The van der Waals surface area contributed by atoms with Gasteiger partial charge in [-0.05, 0) is 24.3 Å². The molecule has 138 valence electrons. The minimum absolute atomic E-state index is 0.0342. The number of fused-ring (bicyclic) bond motifs is 3. The fourth-order valence-electron chi connectivity index (χ4n) is 3.24. The monoisotopic (exact) mass is 366 g/mol. The van der Waals surface area contributed by atoms with Crippen LogP contribution in [0.5, 0.6) is 11.5 Å². The zero-order valence-electron chi connectivity index (χ0n) is 14.9. The second-order valence-electron chi connectivity index (χ2n) is 6.12. The van der Waals surface area contributed by atoms with Gasteiger partial charge in [0.25, 0.3) is 0 Å². The van der Waals surface area contributed by atoms with Gasteiger partial charge in [-0.25, -0.2) is 4.98 Å². The maximum atomic E-state index is 13.0. The molecular weight excluding hydrogens is 348 g/mol. The van der Waals surface area contributed by atoms with E-state index in [-0.39, 0.29) is 18.2 Å². The van der Waals surface area contributed by atoms with Crippen LogP contribution in [-0.4, -0.2) is 35.6 Å². The number of imidazole rings is 1. The molecule has 8 nitrogen and oxygen atoms in total. The van der Waals surface area contributed by atoms with Gasteiger partial charge < -0.3 is 14.8 Å². The summed E-state index contributed by atoms with van der Waals surface area (Å²) in [7, 11) is 3.07. The van der Waals surface area contributed by atoms with Crippen molar-refractivity contribution in [1.29, 1.82) is 0 Å². The number of para-hydroxylation sites is 2. The molecule has 2 N–H and O–H groups in total. The minimum Gasteiger partial charge on any atom is -0.493 e. The van der Waals surface area contributed by atoms with E-state index in [2.05, 4.69) is 15.6 Å². The molecular formula is C19H18N4O4. The fraction of sp³-hybridized carbons (Fsp3) is 0.211. The molecule has 4 rings (SSSR count). The van der Waals surface area contributed by atoms with E-state index in [1.54, 1.807) is 29.9 Å². The third-order valence-electron chi connectivity index (χ3n) is 4.49. The van der Waals surface area contributed by atoms with E-state index >= 15 is 0 Å². The van der Waals surface area contributed by atoms with Crippen LogP contribution in [-0.2, 0) is 9.59 Å². The number of hydrogen-bond acceptors (Lipinski definition) is 5. The van der Waals surface area contributed by atoms with Crippen molar-refractivity contribution in [3.63, 3.8) is 0 Å². The second kappa shape index (κ2) is 6.64. The number of carbonyl (C=O) groups is 2. The SMILES string of the molecule is COc1ccc(NC(=O)[C@@H]2CC(=O)Nc3nc4ccccc4n32)cc1OC. The highest BCUT2D eigenvalue weighted by Crippen LogP contribution is 2.33. The summed E-state index contributed by atoms with van der Waals surface area (Å²) < 4.78 is 12.2. The Bertz CT molecular complexity index is 1040. The largest absolute Gasteiger partial charge is 0.493 e. The molecule has 2 amide bonds. The Balaban J connectivity index is 1.68. The van der Waals surface area contributed by atoms with Crippen molar-refractivity contribution < 1.29 is 19.1 Å². The highest BCUT2D eigenvalue weighted by atomic mass is 16.5. The number of hydrogen-bond donors (Lipinski definition) is 2. The van der Waals surface area contributed by atoms with Gasteiger partial charge in [0.05, 0.1) is 31.7 Å². The van der Waals surface area contributed by atoms with Crippen LogP contribution in [0.2, 0.25) is 0 Å². The van der Waals surface area contributed by atoms with Gasteiger partial charge in [-0.3, -0.25) is 19.5 Å². The molecule has 0 saturated carbocycles. The van der Waals surface area contributed by atoms with E-state index in [0.29, 0.717) is 23.1 Å². The molecule has 3 aromatic rings. The Morgan fingerprint density at radius 1 is 1.19 bits per heavy atom. The van der Waals surface area contributed by atoms with Crippen molar-refractivity contribution in [2.24, 2.45) is 0 Å². The molecule has 1 aliphatic heterocycles. The van der Waals surface area contributed by atoms with Crippen LogP contribution >= 0.6 is 0 Å². The molecule has 0 radical (unpaired) electrons. The Labute approximate surface area is 155 Å². The maximum Gasteiger partial charge on any atom is 0.248 e. The highest BCUT2D eigenvalue weighted by Gasteiger charge is 2.32. The molecule has 0 aliphatic carbocycles. The first kappa shape index (κ1) is 16.9. The molecule has 0 unspecified atom stereocenters. The number of aromatic nitrogens is 2. The third-order valence-corrected chi connectivity index (χ3v) is 4.49. The van der Waals surface area contributed by atoms with Crippen molar-refractivity contribution in [3.05, 3.63) is 42.5 Å². The molecule has 0 saturated heterocycles. The van der Waals surface area contributed by atoms with Crippen LogP contribution in [0, 0.1) is 0 Å². The summed E-state index contributed by atoms with van der Waals surface area (Å²) in [4.78, 5) is 29.4. The van der Waals surface area contributed by atoms with Gasteiger partial charge in [0.2, 0.25) is 17.8 Å². The van der Waals surface area contributed by atoms with Crippen LogP contribution in [0.3, 0.4) is 0 Å². The molecule has 1 aliphatic rings. The van der Waals surface area contributed by atoms with Gasteiger partial charge in [-0.1, -0.05) is 12.1 Å². The summed E-state index contributed by atoms with van der Waals surface area (Å²) in [6, 6.07) is 11.9. The number of amides is 2. The summed E-state index contributed by atoms with van der Waals surface area (Å²) in [5, 5.41) is 5.58. The van der Waals surface area contributed by atoms with Crippen LogP contribution in [0.4, 0.5) is 11.6 Å². The normalized spacial score (nSPS) is 15.8. The Kier molecular flexibility index (Phi) is 4.15. The number of methoxy groups -OCH3 is 2. The summed E-state index contributed by atoms with van der Waals surface area (Å²) in [5.74, 6) is 0.896. The van der Waals surface area contributed by atoms with Crippen molar-refractivity contribution in [2.45, 2.75) is 12.5 Å². The molecule has 8 heteroatoms. The standard InChI is InChI=1S/C19H18N4O4/c1-26-15-8-7-11(9-16(15)27-2)20-18(25)14-10-17(24)22-19-21-12-5-3-4-6-13(12)23(14)19/h3-9,14H,10H2,1-2H3,(H,20,25)(H,21,22,24)/t14-/m0/s1. The summed E-state index contributed by atoms with van der Waals surface area (Å²) in [6.07, 6.45) is 0.0342. The van der Waals surface area contributed by atoms with E-state index in [1.807, 2.05) is 24.3 Å². The van der Waals surface area contributed by atoms with E-state index in [4.69, 9.17) is 9.47 Å². The van der Waals surface area contributed by atoms with E-state index in [0.717, 1.165) is 11.0 Å². The first-order valence-electron chi connectivity index (χ1n) is 8.40. The lowest BCUT2D eigenvalue weighted by Gasteiger charge is -2.25. The summed E-state index contributed by atoms with van der Waals surface area (Å²) in [6.45, 7) is 0. The number of rotatable bonds is 4.